The fourth-order valence-electron chi connectivity index (χ4n) is 4.34. The van der Waals surface area contributed by atoms with Crippen molar-refractivity contribution in [3.05, 3.63) is 53.7 Å². The third-order valence-electron chi connectivity index (χ3n) is 6.06. The first-order valence-corrected chi connectivity index (χ1v) is 11.1. The van der Waals surface area contributed by atoms with Crippen molar-refractivity contribution in [1.29, 1.82) is 0 Å². The SMILES string of the molecule is CCNC(=NCc1ccc(N2CCCC2)nc1)N1CCC(c2ccc(OC)cc2)C1. The summed E-state index contributed by atoms with van der Waals surface area (Å²) >= 11 is 0. The van der Waals surface area contributed by atoms with E-state index in [9.17, 15) is 0 Å². The van der Waals surface area contributed by atoms with Gasteiger partial charge in [0.05, 0.1) is 13.7 Å². The molecule has 0 amide bonds. The first-order chi connectivity index (χ1) is 14.8. The van der Waals surface area contributed by atoms with E-state index in [1.807, 2.05) is 6.20 Å². The third-order valence-corrected chi connectivity index (χ3v) is 6.06. The molecule has 2 aromatic rings. The summed E-state index contributed by atoms with van der Waals surface area (Å²) in [6, 6.07) is 12.8. The first kappa shape index (κ1) is 20.5. The van der Waals surface area contributed by atoms with E-state index in [1.54, 1.807) is 7.11 Å². The van der Waals surface area contributed by atoms with Crippen molar-refractivity contribution in [2.75, 3.05) is 44.7 Å². The molecule has 1 aromatic carbocycles. The van der Waals surface area contributed by atoms with E-state index in [-0.39, 0.29) is 0 Å². The van der Waals surface area contributed by atoms with Crippen LogP contribution in [0.2, 0.25) is 0 Å². The van der Waals surface area contributed by atoms with Gasteiger partial charge in [-0.05, 0) is 55.5 Å². The van der Waals surface area contributed by atoms with Crippen LogP contribution in [0, 0.1) is 0 Å². The number of ether oxygens (including phenoxy) is 1. The maximum atomic E-state index is 5.29. The quantitative estimate of drug-likeness (QED) is 0.585. The molecule has 6 nitrogen and oxygen atoms in total. The second-order valence-corrected chi connectivity index (χ2v) is 8.09. The Bertz CT molecular complexity index is 828. The average molecular weight is 408 g/mol. The van der Waals surface area contributed by atoms with Crippen LogP contribution in [-0.2, 0) is 6.54 Å². The molecule has 160 valence electrons. The van der Waals surface area contributed by atoms with Crippen LogP contribution in [0.1, 0.15) is 43.2 Å². The first-order valence-electron chi connectivity index (χ1n) is 11.1. The van der Waals surface area contributed by atoms with Crippen molar-refractivity contribution in [3.8, 4) is 5.75 Å². The number of nitrogens with one attached hydrogen (secondary N) is 1. The fourth-order valence-corrected chi connectivity index (χ4v) is 4.34. The van der Waals surface area contributed by atoms with Crippen molar-refractivity contribution < 1.29 is 4.74 Å². The highest BCUT2D eigenvalue weighted by Gasteiger charge is 2.26. The molecule has 1 atom stereocenters. The number of hydrogen-bond donors (Lipinski definition) is 1. The molecule has 0 aliphatic carbocycles. The minimum absolute atomic E-state index is 0.529. The summed E-state index contributed by atoms with van der Waals surface area (Å²) in [5, 5.41) is 3.47. The van der Waals surface area contributed by atoms with Crippen LogP contribution in [-0.4, -0.2) is 55.7 Å². The number of benzene rings is 1. The van der Waals surface area contributed by atoms with Gasteiger partial charge >= 0.3 is 0 Å². The predicted octanol–water partition coefficient (Wildman–Crippen LogP) is 3.65. The van der Waals surface area contributed by atoms with E-state index >= 15 is 0 Å². The highest BCUT2D eigenvalue weighted by molar-refractivity contribution is 5.80. The van der Waals surface area contributed by atoms with Gasteiger partial charge in [0.15, 0.2) is 5.96 Å². The Morgan fingerprint density at radius 2 is 1.93 bits per heavy atom. The fraction of sp³-hybridized carbons (Fsp3) is 0.500. The molecule has 2 fully saturated rings. The van der Waals surface area contributed by atoms with Crippen molar-refractivity contribution in [2.24, 2.45) is 4.99 Å². The number of nitrogens with zero attached hydrogens (tertiary/aromatic N) is 4. The number of pyridine rings is 1. The summed E-state index contributed by atoms with van der Waals surface area (Å²) in [6.45, 7) is 7.91. The molecule has 0 saturated carbocycles. The molecule has 2 aliphatic rings. The van der Waals surface area contributed by atoms with Gasteiger partial charge in [-0.15, -0.1) is 0 Å². The van der Waals surface area contributed by atoms with Gasteiger partial charge in [0.1, 0.15) is 11.6 Å². The Morgan fingerprint density at radius 1 is 1.13 bits per heavy atom. The molecular formula is C24H33N5O. The van der Waals surface area contributed by atoms with E-state index in [4.69, 9.17) is 9.73 Å². The number of rotatable bonds is 6. The zero-order valence-corrected chi connectivity index (χ0v) is 18.2. The summed E-state index contributed by atoms with van der Waals surface area (Å²) in [4.78, 5) is 14.3. The van der Waals surface area contributed by atoms with Crippen molar-refractivity contribution >= 4 is 11.8 Å². The van der Waals surface area contributed by atoms with Crippen LogP contribution in [0.3, 0.4) is 0 Å². The number of guanidine groups is 1. The lowest BCUT2D eigenvalue weighted by Crippen LogP contribution is -2.40. The molecule has 1 aromatic heterocycles. The molecule has 2 aliphatic heterocycles. The van der Waals surface area contributed by atoms with E-state index in [0.717, 1.165) is 62.2 Å². The molecular weight excluding hydrogens is 374 g/mol. The second-order valence-electron chi connectivity index (χ2n) is 8.09. The lowest BCUT2D eigenvalue weighted by molar-refractivity contribution is 0.414. The lowest BCUT2D eigenvalue weighted by atomic mass is 9.98. The maximum absolute atomic E-state index is 5.29. The third kappa shape index (κ3) is 4.86. The Balaban J connectivity index is 1.38. The Kier molecular flexibility index (Phi) is 6.72. The van der Waals surface area contributed by atoms with Crippen LogP contribution in [0.25, 0.3) is 0 Å². The Hall–Kier alpha value is -2.76. The molecule has 30 heavy (non-hydrogen) atoms. The van der Waals surface area contributed by atoms with E-state index < -0.39 is 0 Å². The smallest absolute Gasteiger partial charge is 0.194 e. The van der Waals surface area contributed by atoms with Crippen LogP contribution in [0.4, 0.5) is 5.82 Å². The van der Waals surface area contributed by atoms with E-state index in [1.165, 1.54) is 18.4 Å². The minimum atomic E-state index is 0.529. The van der Waals surface area contributed by atoms with Crippen LogP contribution in [0.15, 0.2) is 47.6 Å². The molecule has 0 radical (unpaired) electrons. The van der Waals surface area contributed by atoms with E-state index in [2.05, 4.69) is 63.4 Å². The van der Waals surface area contributed by atoms with Crippen LogP contribution >= 0.6 is 0 Å². The van der Waals surface area contributed by atoms with Gasteiger partial charge < -0.3 is 19.9 Å². The molecule has 1 N–H and O–H groups in total. The Morgan fingerprint density at radius 3 is 2.60 bits per heavy atom. The summed E-state index contributed by atoms with van der Waals surface area (Å²) < 4.78 is 5.29. The number of aliphatic imine (C=N–C) groups is 1. The van der Waals surface area contributed by atoms with Crippen LogP contribution < -0.4 is 15.0 Å². The largest absolute Gasteiger partial charge is 0.497 e. The second kappa shape index (κ2) is 9.83. The van der Waals surface area contributed by atoms with Gasteiger partial charge in [0, 0.05) is 44.8 Å². The molecule has 3 heterocycles. The van der Waals surface area contributed by atoms with Gasteiger partial charge in [-0.2, -0.15) is 0 Å². The number of methoxy groups -OCH3 is 1. The number of hydrogen-bond acceptors (Lipinski definition) is 4. The lowest BCUT2D eigenvalue weighted by Gasteiger charge is -2.22. The van der Waals surface area contributed by atoms with Crippen LogP contribution in [0.5, 0.6) is 5.75 Å². The number of aromatic nitrogens is 1. The van der Waals surface area contributed by atoms with Crippen molar-refractivity contribution in [3.63, 3.8) is 0 Å². The molecule has 0 bridgehead atoms. The monoisotopic (exact) mass is 407 g/mol. The van der Waals surface area contributed by atoms with Crippen molar-refractivity contribution in [2.45, 2.75) is 38.6 Å². The highest BCUT2D eigenvalue weighted by atomic mass is 16.5. The molecule has 0 spiro atoms. The van der Waals surface area contributed by atoms with Gasteiger partial charge in [-0.25, -0.2) is 9.98 Å². The normalized spacial score (nSPS) is 19.4. The molecule has 6 heteroatoms. The number of anilines is 1. The summed E-state index contributed by atoms with van der Waals surface area (Å²) in [7, 11) is 1.71. The van der Waals surface area contributed by atoms with Gasteiger partial charge in [0.2, 0.25) is 0 Å². The van der Waals surface area contributed by atoms with Gasteiger partial charge in [-0.1, -0.05) is 18.2 Å². The number of likely N-dealkylation sites (tertiary alicyclic amines) is 1. The molecule has 4 rings (SSSR count). The minimum Gasteiger partial charge on any atom is -0.497 e. The standard InChI is InChI=1S/C24H33N5O/c1-3-25-24(27-17-19-6-11-23(26-16-19)28-13-4-5-14-28)29-15-12-21(18-29)20-7-9-22(30-2)10-8-20/h6-11,16,21H,3-5,12-15,17-18H2,1-2H3,(H,25,27). The van der Waals surface area contributed by atoms with Gasteiger partial charge in [-0.3, -0.25) is 0 Å². The molecule has 1 unspecified atom stereocenters. The summed E-state index contributed by atoms with van der Waals surface area (Å²) in [5.74, 6) is 3.53. The van der Waals surface area contributed by atoms with Crippen molar-refractivity contribution in [1.82, 2.24) is 15.2 Å². The zero-order valence-electron chi connectivity index (χ0n) is 18.2. The Labute approximate surface area is 180 Å². The maximum Gasteiger partial charge on any atom is 0.194 e. The topological polar surface area (TPSA) is 53.0 Å². The summed E-state index contributed by atoms with van der Waals surface area (Å²) in [6.07, 6.45) is 5.66. The summed E-state index contributed by atoms with van der Waals surface area (Å²) in [5.41, 5.74) is 2.52. The van der Waals surface area contributed by atoms with E-state index in [0.29, 0.717) is 12.5 Å². The molecule has 2 saturated heterocycles. The predicted molar refractivity (Wildman–Crippen MR) is 122 cm³/mol. The zero-order chi connectivity index (χ0) is 20.8. The average Bonchev–Trinajstić information content (AvgIpc) is 3.50. The van der Waals surface area contributed by atoms with Gasteiger partial charge in [0.25, 0.3) is 0 Å². The highest BCUT2D eigenvalue weighted by Crippen LogP contribution is 2.28.